The van der Waals surface area contributed by atoms with Crippen molar-refractivity contribution in [3.63, 3.8) is 0 Å². The number of benzene rings is 3. The van der Waals surface area contributed by atoms with Crippen LogP contribution in [-0.2, 0) is 25.2 Å². The third kappa shape index (κ3) is 11.2. The summed E-state index contributed by atoms with van der Waals surface area (Å²) in [6.45, 7) is 4.28. The molecule has 254 valence electrons. The lowest BCUT2D eigenvalue weighted by Gasteiger charge is -2.29. The third-order valence-corrected chi connectivity index (χ3v) is 8.96. The Hall–Kier alpha value is -2.76. The molecule has 3 aromatic rings. The lowest BCUT2D eigenvalue weighted by Crippen LogP contribution is -2.23. The van der Waals surface area contributed by atoms with Gasteiger partial charge in [-0.05, 0) is 59.1 Å². The summed E-state index contributed by atoms with van der Waals surface area (Å²) in [6, 6.07) is 17.4. The Labute approximate surface area is 273 Å². The van der Waals surface area contributed by atoms with Crippen molar-refractivity contribution in [1.29, 1.82) is 0 Å². The van der Waals surface area contributed by atoms with Gasteiger partial charge in [-0.15, -0.1) is 0 Å². The summed E-state index contributed by atoms with van der Waals surface area (Å²) in [7, 11) is 0. The highest BCUT2D eigenvalue weighted by atomic mass is 19.4. The molecule has 0 unspecified atom stereocenters. The maximum Gasteiger partial charge on any atom is 0.417 e. The van der Waals surface area contributed by atoms with Crippen LogP contribution in [0.1, 0.15) is 139 Å². The highest BCUT2D eigenvalue weighted by Crippen LogP contribution is 2.52. The summed E-state index contributed by atoms with van der Waals surface area (Å²) in [5.41, 5.74) is -1.80. The smallest absolute Gasteiger partial charge is 0.166 e. The first kappa shape index (κ1) is 37.7. The molecule has 0 nitrogen and oxygen atoms in total. The zero-order chi connectivity index (χ0) is 33.4. The Morgan fingerprint density at radius 2 is 0.674 bits per heavy atom. The molecule has 0 saturated carbocycles. The van der Waals surface area contributed by atoms with E-state index < -0.39 is 23.5 Å². The van der Waals surface area contributed by atoms with Crippen molar-refractivity contribution < 1.29 is 26.3 Å². The van der Waals surface area contributed by atoms with Crippen LogP contribution in [0.25, 0.3) is 22.3 Å². The van der Waals surface area contributed by atoms with Gasteiger partial charge >= 0.3 is 12.4 Å². The van der Waals surface area contributed by atoms with Crippen LogP contribution in [-0.4, -0.2) is 0 Å². The van der Waals surface area contributed by atoms with Gasteiger partial charge in [0.15, 0.2) is 0 Å². The Bertz CT molecular complexity index is 1170. The van der Waals surface area contributed by atoms with E-state index in [0.717, 1.165) is 77.0 Å². The second-order valence-corrected chi connectivity index (χ2v) is 12.6. The van der Waals surface area contributed by atoms with Crippen LogP contribution in [0.3, 0.4) is 0 Å². The highest BCUT2D eigenvalue weighted by Gasteiger charge is 2.48. The van der Waals surface area contributed by atoms with E-state index in [-0.39, 0.29) is 24.0 Å². The first-order valence-electron chi connectivity index (χ1n) is 17.6. The molecule has 3 rings (SSSR count). The molecule has 0 atom stereocenters. The van der Waals surface area contributed by atoms with E-state index in [2.05, 4.69) is 13.8 Å². The summed E-state index contributed by atoms with van der Waals surface area (Å²) in [6.07, 6.45) is 4.38. The fraction of sp³-hybridized carbons (Fsp3) is 0.550. The van der Waals surface area contributed by atoms with E-state index in [1.54, 1.807) is 60.7 Å². The van der Waals surface area contributed by atoms with Crippen molar-refractivity contribution in [2.45, 2.75) is 142 Å². The van der Waals surface area contributed by atoms with Crippen LogP contribution >= 0.6 is 0 Å². The largest absolute Gasteiger partial charge is 0.417 e. The van der Waals surface area contributed by atoms with E-state index >= 15 is 26.3 Å². The maximum absolute atomic E-state index is 15.1. The summed E-state index contributed by atoms with van der Waals surface area (Å²) in [5.74, 6) is 0. The molecule has 0 N–H and O–H groups in total. The van der Waals surface area contributed by atoms with Gasteiger partial charge in [-0.3, -0.25) is 0 Å². The van der Waals surface area contributed by atoms with Crippen molar-refractivity contribution in [2.75, 3.05) is 0 Å². The molecular weight excluding hydrogens is 594 g/mol. The Morgan fingerprint density at radius 3 is 0.957 bits per heavy atom. The molecule has 46 heavy (non-hydrogen) atoms. The van der Waals surface area contributed by atoms with Crippen LogP contribution in [0.5, 0.6) is 0 Å². The average Bonchev–Trinajstić information content (AvgIpc) is 3.03. The van der Waals surface area contributed by atoms with Crippen molar-refractivity contribution in [3.8, 4) is 22.3 Å². The topological polar surface area (TPSA) is 0 Å². The van der Waals surface area contributed by atoms with E-state index in [9.17, 15) is 0 Å². The van der Waals surface area contributed by atoms with Gasteiger partial charge in [0.05, 0.1) is 11.1 Å². The number of unbranched alkanes of at least 4 members (excludes halogenated alkanes) is 14. The fourth-order valence-corrected chi connectivity index (χ4v) is 6.70. The average molecular weight is 647 g/mol. The van der Waals surface area contributed by atoms with E-state index in [0.29, 0.717) is 47.9 Å². The molecule has 0 fully saturated rings. The predicted molar refractivity (Wildman–Crippen MR) is 180 cm³/mol. The van der Waals surface area contributed by atoms with E-state index in [4.69, 9.17) is 0 Å². The minimum absolute atomic E-state index is 0.0605. The lowest BCUT2D eigenvalue weighted by atomic mass is 9.77. The second-order valence-electron chi connectivity index (χ2n) is 12.6. The van der Waals surface area contributed by atoms with Crippen molar-refractivity contribution >= 4 is 0 Å². The fourth-order valence-electron chi connectivity index (χ4n) is 6.70. The van der Waals surface area contributed by atoms with E-state index in [1.165, 1.54) is 0 Å². The minimum atomic E-state index is -5.16. The molecular formula is C40H52F6. The zero-order valence-electron chi connectivity index (χ0n) is 27.8. The molecule has 0 spiro atoms. The van der Waals surface area contributed by atoms with Crippen LogP contribution in [0.4, 0.5) is 26.3 Å². The summed E-state index contributed by atoms with van der Waals surface area (Å²) in [5, 5.41) is 0. The monoisotopic (exact) mass is 646 g/mol. The molecule has 0 aliphatic rings. The molecule has 0 saturated heterocycles. The quantitative estimate of drug-likeness (QED) is 0.0846. The molecule has 0 aliphatic carbocycles. The normalized spacial score (nSPS) is 12.2. The first-order valence-corrected chi connectivity index (χ1v) is 17.6. The summed E-state index contributed by atoms with van der Waals surface area (Å²) < 4.78 is 90.5. The van der Waals surface area contributed by atoms with Gasteiger partial charge in [0.1, 0.15) is 0 Å². The Morgan fingerprint density at radius 1 is 0.391 bits per heavy atom. The lowest BCUT2D eigenvalue weighted by molar-refractivity contribution is -0.162. The molecule has 0 aromatic heterocycles. The van der Waals surface area contributed by atoms with E-state index in [1.807, 2.05) is 0 Å². The van der Waals surface area contributed by atoms with Crippen LogP contribution in [0, 0.1) is 0 Å². The molecule has 0 heterocycles. The maximum atomic E-state index is 15.1. The first-order chi connectivity index (χ1) is 22.1. The van der Waals surface area contributed by atoms with Crippen LogP contribution in [0.2, 0.25) is 0 Å². The van der Waals surface area contributed by atoms with Crippen molar-refractivity contribution in [3.05, 3.63) is 82.9 Å². The number of alkyl halides is 6. The number of hydrogen-bond donors (Lipinski definition) is 0. The van der Waals surface area contributed by atoms with Gasteiger partial charge in [-0.2, -0.15) is 26.3 Å². The van der Waals surface area contributed by atoms with Crippen molar-refractivity contribution in [1.82, 2.24) is 0 Å². The minimum Gasteiger partial charge on any atom is -0.166 e. The molecule has 0 amide bonds. The number of rotatable bonds is 20. The second kappa shape index (κ2) is 19.2. The van der Waals surface area contributed by atoms with Gasteiger partial charge in [0, 0.05) is 0 Å². The molecule has 6 heteroatoms. The van der Waals surface area contributed by atoms with Gasteiger partial charge in [-0.1, -0.05) is 164 Å². The van der Waals surface area contributed by atoms with Crippen LogP contribution in [0.15, 0.2) is 60.7 Å². The van der Waals surface area contributed by atoms with Gasteiger partial charge < -0.3 is 0 Å². The zero-order valence-corrected chi connectivity index (χ0v) is 27.8. The standard InChI is InChI=1S/C40H52F6/c1-3-5-7-9-11-13-15-23-29-33-35(31-25-19-17-20-26-31)36(32-27-21-18-22-28-32)34(30-24-16-14-12-10-8-6-4-2)38(40(44,45)46)37(33)39(41,42)43/h17-22,25-28H,3-16,23-24,29-30H2,1-2H3. The van der Waals surface area contributed by atoms with Gasteiger partial charge in [-0.25, -0.2) is 0 Å². The van der Waals surface area contributed by atoms with Crippen LogP contribution < -0.4 is 0 Å². The molecule has 0 radical (unpaired) electrons. The van der Waals surface area contributed by atoms with Gasteiger partial charge in [0.2, 0.25) is 0 Å². The van der Waals surface area contributed by atoms with Gasteiger partial charge in [0.25, 0.3) is 0 Å². The van der Waals surface area contributed by atoms with Crippen molar-refractivity contribution in [2.24, 2.45) is 0 Å². The Balaban J connectivity index is 2.17. The highest BCUT2D eigenvalue weighted by molar-refractivity contribution is 5.90. The SMILES string of the molecule is CCCCCCCCCCc1c(-c2ccccc2)c(-c2ccccc2)c(CCCCCCCCCC)c(C(F)(F)F)c1C(F)(F)F. The summed E-state index contributed by atoms with van der Waals surface area (Å²) >= 11 is 0. The molecule has 0 bridgehead atoms. The number of halogens is 6. The molecule has 3 aromatic carbocycles. The summed E-state index contributed by atoms with van der Waals surface area (Å²) in [4.78, 5) is 0. The third-order valence-electron chi connectivity index (χ3n) is 8.96. The predicted octanol–water partition coefficient (Wildman–Crippen LogP) is 14.4. The number of hydrogen-bond acceptors (Lipinski definition) is 0. The Kier molecular flexibility index (Phi) is 15.7. The molecule has 0 aliphatic heterocycles.